The SMILES string of the molecule is CCCCC#Cc1ccc(C)cc1. The number of benzene rings is 1. The minimum atomic E-state index is 1.02. The lowest BCUT2D eigenvalue weighted by molar-refractivity contribution is 0.828. The predicted molar refractivity (Wildman–Crippen MR) is 57.6 cm³/mol. The average molecular weight is 172 g/mol. The van der Waals surface area contributed by atoms with Crippen molar-refractivity contribution < 1.29 is 0 Å². The molecule has 0 heterocycles. The minimum absolute atomic E-state index is 1.02. The van der Waals surface area contributed by atoms with Crippen molar-refractivity contribution in [3.63, 3.8) is 0 Å². The van der Waals surface area contributed by atoms with Crippen molar-refractivity contribution in [2.24, 2.45) is 0 Å². The van der Waals surface area contributed by atoms with E-state index in [1.165, 1.54) is 18.4 Å². The molecule has 0 spiro atoms. The van der Waals surface area contributed by atoms with Crippen molar-refractivity contribution in [2.45, 2.75) is 33.1 Å². The van der Waals surface area contributed by atoms with Crippen molar-refractivity contribution in [3.8, 4) is 11.8 Å². The van der Waals surface area contributed by atoms with Crippen molar-refractivity contribution in [1.82, 2.24) is 0 Å². The van der Waals surface area contributed by atoms with Gasteiger partial charge in [-0.1, -0.05) is 42.9 Å². The third kappa shape index (κ3) is 3.80. The van der Waals surface area contributed by atoms with Gasteiger partial charge in [0, 0.05) is 12.0 Å². The first kappa shape index (κ1) is 9.86. The van der Waals surface area contributed by atoms with Crippen molar-refractivity contribution in [1.29, 1.82) is 0 Å². The summed E-state index contributed by atoms with van der Waals surface area (Å²) in [6.45, 7) is 4.28. The molecule has 0 nitrogen and oxygen atoms in total. The van der Waals surface area contributed by atoms with Gasteiger partial charge in [-0.2, -0.15) is 0 Å². The molecule has 0 aliphatic heterocycles. The lowest BCUT2D eigenvalue weighted by Gasteiger charge is -1.91. The van der Waals surface area contributed by atoms with E-state index in [1.807, 2.05) is 0 Å². The van der Waals surface area contributed by atoms with Crippen LogP contribution in [0.5, 0.6) is 0 Å². The summed E-state index contributed by atoms with van der Waals surface area (Å²) in [7, 11) is 0. The van der Waals surface area contributed by atoms with E-state index in [2.05, 4.69) is 50.0 Å². The molecule has 0 unspecified atom stereocenters. The highest BCUT2D eigenvalue weighted by Gasteiger charge is 1.84. The molecule has 0 saturated heterocycles. The molecule has 0 atom stereocenters. The van der Waals surface area contributed by atoms with E-state index in [1.54, 1.807) is 0 Å². The fourth-order valence-electron chi connectivity index (χ4n) is 1.07. The van der Waals surface area contributed by atoms with E-state index in [9.17, 15) is 0 Å². The Hall–Kier alpha value is -1.22. The van der Waals surface area contributed by atoms with Crippen LogP contribution in [0.15, 0.2) is 24.3 Å². The molecule has 0 aliphatic rings. The van der Waals surface area contributed by atoms with Gasteiger partial charge in [0.05, 0.1) is 0 Å². The standard InChI is InChI=1S/C13H16/c1-3-4-5-6-7-13-10-8-12(2)9-11-13/h8-11H,3-5H2,1-2H3. The van der Waals surface area contributed by atoms with Gasteiger partial charge in [-0.3, -0.25) is 0 Å². The van der Waals surface area contributed by atoms with Crippen LogP contribution < -0.4 is 0 Å². The van der Waals surface area contributed by atoms with Crippen LogP contribution in [-0.4, -0.2) is 0 Å². The summed E-state index contributed by atoms with van der Waals surface area (Å²) in [6.07, 6.45) is 3.45. The molecule has 0 N–H and O–H groups in total. The summed E-state index contributed by atoms with van der Waals surface area (Å²) in [5.74, 6) is 6.33. The summed E-state index contributed by atoms with van der Waals surface area (Å²) in [6, 6.07) is 8.36. The van der Waals surface area contributed by atoms with E-state index < -0.39 is 0 Å². The number of rotatable bonds is 2. The maximum atomic E-state index is 3.17. The second kappa shape index (κ2) is 5.43. The zero-order chi connectivity index (χ0) is 9.52. The van der Waals surface area contributed by atoms with Gasteiger partial charge in [-0.15, -0.1) is 0 Å². The van der Waals surface area contributed by atoms with Crippen LogP contribution in [-0.2, 0) is 0 Å². The summed E-state index contributed by atoms with van der Waals surface area (Å²) in [5.41, 5.74) is 2.42. The Morgan fingerprint density at radius 1 is 1.15 bits per heavy atom. The molecule has 0 bridgehead atoms. The Balaban J connectivity index is 2.52. The van der Waals surface area contributed by atoms with Gasteiger partial charge in [0.2, 0.25) is 0 Å². The number of hydrogen-bond donors (Lipinski definition) is 0. The lowest BCUT2D eigenvalue weighted by Crippen LogP contribution is -1.75. The van der Waals surface area contributed by atoms with Gasteiger partial charge in [-0.25, -0.2) is 0 Å². The Labute approximate surface area is 81.0 Å². The summed E-state index contributed by atoms with van der Waals surface area (Å²) >= 11 is 0. The number of unbranched alkanes of at least 4 members (excludes halogenated alkanes) is 2. The van der Waals surface area contributed by atoms with Crippen LogP contribution in [0.1, 0.15) is 37.3 Å². The molecule has 0 saturated carbocycles. The summed E-state index contributed by atoms with van der Waals surface area (Å²) in [4.78, 5) is 0. The predicted octanol–water partition coefficient (Wildman–Crippen LogP) is 3.54. The topological polar surface area (TPSA) is 0 Å². The van der Waals surface area contributed by atoms with E-state index in [0.717, 1.165) is 12.0 Å². The second-order valence-electron chi connectivity index (χ2n) is 3.27. The molecule has 68 valence electrons. The molecule has 0 aliphatic carbocycles. The van der Waals surface area contributed by atoms with Gasteiger partial charge in [0.25, 0.3) is 0 Å². The zero-order valence-electron chi connectivity index (χ0n) is 8.43. The zero-order valence-corrected chi connectivity index (χ0v) is 8.43. The van der Waals surface area contributed by atoms with Gasteiger partial charge >= 0.3 is 0 Å². The highest BCUT2D eigenvalue weighted by molar-refractivity contribution is 5.35. The number of aryl methyl sites for hydroxylation is 1. The van der Waals surface area contributed by atoms with Crippen molar-refractivity contribution >= 4 is 0 Å². The summed E-state index contributed by atoms with van der Waals surface area (Å²) < 4.78 is 0. The van der Waals surface area contributed by atoms with Crippen LogP contribution >= 0.6 is 0 Å². The van der Waals surface area contributed by atoms with Crippen molar-refractivity contribution in [3.05, 3.63) is 35.4 Å². The Kier molecular flexibility index (Phi) is 4.12. The van der Waals surface area contributed by atoms with Crippen molar-refractivity contribution in [2.75, 3.05) is 0 Å². The van der Waals surface area contributed by atoms with Gasteiger partial charge in [0.1, 0.15) is 0 Å². The van der Waals surface area contributed by atoms with E-state index in [0.29, 0.717) is 0 Å². The van der Waals surface area contributed by atoms with E-state index >= 15 is 0 Å². The van der Waals surface area contributed by atoms with E-state index in [4.69, 9.17) is 0 Å². The van der Waals surface area contributed by atoms with Crippen LogP contribution in [0.4, 0.5) is 0 Å². The smallest absolute Gasteiger partial charge is 0.0245 e. The molecule has 1 aromatic rings. The molecule has 0 fully saturated rings. The highest BCUT2D eigenvalue weighted by atomic mass is 13.9. The van der Waals surface area contributed by atoms with Crippen LogP contribution in [0.25, 0.3) is 0 Å². The minimum Gasteiger partial charge on any atom is -0.0979 e. The molecule has 0 amide bonds. The highest BCUT2D eigenvalue weighted by Crippen LogP contribution is 2.01. The molecule has 0 radical (unpaired) electrons. The number of hydrogen-bond acceptors (Lipinski definition) is 0. The van der Waals surface area contributed by atoms with E-state index in [-0.39, 0.29) is 0 Å². The first-order chi connectivity index (χ1) is 6.33. The van der Waals surface area contributed by atoms with Gasteiger partial charge in [0.15, 0.2) is 0 Å². The lowest BCUT2D eigenvalue weighted by atomic mass is 10.1. The third-order valence-electron chi connectivity index (χ3n) is 1.94. The monoisotopic (exact) mass is 172 g/mol. The molecular formula is C13H16. The average Bonchev–Trinajstić information content (AvgIpc) is 2.15. The third-order valence-corrected chi connectivity index (χ3v) is 1.94. The molecule has 1 aromatic carbocycles. The Morgan fingerprint density at radius 2 is 1.85 bits per heavy atom. The Morgan fingerprint density at radius 3 is 2.46 bits per heavy atom. The maximum Gasteiger partial charge on any atom is 0.0245 e. The molecular weight excluding hydrogens is 156 g/mol. The van der Waals surface area contributed by atoms with Gasteiger partial charge in [-0.05, 0) is 25.5 Å². The fraction of sp³-hybridized carbons (Fsp3) is 0.385. The Bertz CT molecular complexity index is 295. The van der Waals surface area contributed by atoms with Crippen LogP contribution in [0, 0.1) is 18.8 Å². The molecule has 1 rings (SSSR count). The molecule has 13 heavy (non-hydrogen) atoms. The van der Waals surface area contributed by atoms with Gasteiger partial charge < -0.3 is 0 Å². The first-order valence-corrected chi connectivity index (χ1v) is 4.88. The van der Waals surface area contributed by atoms with Crippen LogP contribution in [0.2, 0.25) is 0 Å². The first-order valence-electron chi connectivity index (χ1n) is 4.88. The quantitative estimate of drug-likeness (QED) is 0.473. The second-order valence-corrected chi connectivity index (χ2v) is 3.27. The fourth-order valence-corrected chi connectivity index (χ4v) is 1.07. The molecule has 0 heteroatoms. The molecule has 0 aromatic heterocycles. The van der Waals surface area contributed by atoms with Crippen LogP contribution in [0.3, 0.4) is 0 Å². The maximum absolute atomic E-state index is 3.17. The summed E-state index contributed by atoms with van der Waals surface area (Å²) in [5, 5.41) is 0. The normalized spacial score (nSPS) is 9.08. The largest absolute Gasteiger partial charge is 0.0979 e.